The van der Waals surface area contributed by atoms with E-state index in [0.717, 1.165) is 37.6 Å². The Morgan fingerprint density at radius 1 is 0.966 bits per heavy atom. The number of imidazole rings is 1. The van der Waals surface area contributed by atoms with Gasteiger partial charge in [-0.15, -0.1) is 0 Å². The number of anilines is 1. The number of morpholine rings is 1. The van der Waals surface area contributed by atoms with Crippen molar-refractivity contribution in [2.45, 2.75) is 0 Å². The smallest absolute Gasteiger partial charge is 0.333 e. The molecule has 3 heterocycles. The van der Waals surface area contributed by atoms with Crippen LogP contribution in [0.4, 0.5) is 5.69 Å². The van der Waals surface area contributed by atoms with Gasteiger partial charge in [-0.1, -0.05) is 12.1 Å². The van der Waals surface area contributed by atoms with Crippen molar-refractivity contribution in [1.29, 1.82) is 0 Å². The third-order valence-corrected chi connectivity index (χ3v) is 5.04. The highest BCUT2D eigenvalue weighted by molar-refractivity contribution is 5.73. The fraction of sp³-hybridized carbons (Fsp3) is 0.190. The number of nitrogens with zero attached hydrogens (tertiary/aromatic N) is 4. The van der Waals surface area contributed by atoms with Crippen LogP contribution >= 0.6 is 0 Å². The zero-order valence-corrected chi connectivity index (χ0v) is 15.6. The van der Waals surface area contributed by atoms with E-state index >= 15 is 0 Å². The number of phenols is 1. The summed E-state index contributed by atoms with van der Waals surface area (Å²) in [6, 6.07) is 14.5. The molecule has 1 fully saturated rings. The Labute approximate surface area is 166 Å². The number of rotatable bonds is 3. The van der Waals surface area contributed by atoms with Crippen molar-refractivity contribution >= 4 is 17.0 Å². The van der Waals surface area contributed by atoms with Gasteiger partial charge in [0.2, 0.25) is 0 Å². The van der Waals surface area contributed by atoms with Gasteiger partial charge < -0.3 is 14.7 Å². The molecule has 0 unspecified atom stereocenters. The number of phenolic OH excluding ortho intramolecular Hbond substituents is 1. The summed E-state index contributed by atoms with van der Waals surface area (Å²) in [6.45, 7) is 3.25. The van der Waals surface area contributed by atoms with Gasteiger partial charge in [-0.05, 0) is 36.4 Å². The lowest BCUT2D eigenvalue weighted by Gasteiger charge is -2.28. The van der Waals surface area contributed by atoms with Crippen molar-refractivity contribution in [3.05, 3.63) is 65.2 Å². The molecule has 0 saturated carbocycles. The Hall–Kier alpha value is -3.65. The summed E-state index contributed by atoms with van der Waals surface area (Å²) in [7, 11) is 0. The van der Waals surface area contributed by atoms with E-state index in [0.29, 0.717) is 22.7 Å². The summed E-state index contributed by atoms with van der Waals surface area (Å²) in [5.41, 5.74) is 3.87. The van der Waals surface area contributed by atoms with E-state index < -0.39 is 0 Å². The van der Waals surface area contributed by atoms with E-state index in [1.54, 1.807) is 18.3 Å². The van der Waals surface area contributed by atoms with Crippen LogP contribution in [0.25, 0.3) is 28.2 Å². The molecule has 2 N–H and O–H groups in total. The van der Waals surface area contributed by atoms with Gasteiger partial charge >= 0.3 is 5.69 Å². The number of nitrogens with one attached hydrogen (secondary N) is 1. The lowest BCUT2D eigenvalue weighted by Crippen LogP contribution is -2.36. The monoisotopic (exact) mass is 389 g/mol. The topological polar surface area (TPSA) is 96.3 Å². The third-order valence-electron chi connectivity index (χ3n) is 5.04. The molecule has 29 heavy (non-hydrogen) atoms. The van der Waals surface area contributed by atoms with E-state index in [-0.39, 0.29) is 11.4 Å². The molecule has 2 aromatic heterocycles. The molecule has 0 radical (unpaired) electrons. The Balaban J connectivity index is 1.53. The van der Waals surface area contributed by atoms with E-state index in [1.807, 2.05) is 12.1 Å². The van der Waals surface area contributed by atoms with Crippen molar-refractivity contribution in [2.75, 3.05) is 31.2 Å². The van der Waals surface area contributed by atoms with E-state index in [9.17, 15) is 9.90 Å². The van der Waals surface area contributed by atoms with Crippen LogP contribution in [0.15, 0.2) is 59.5 Å². The second-order valence-electron chi connectivity index (χ2n) is 6.86. The first-order valence-corrected chi connectivity index (χ1v) is 9.39. The quantitative estimate of drug-likeness (QED) is 0.558. The molecule has 0 atom stereocenters. The molecule has 1 aliphatic heterocycles. The van der Waals surface area contributed by atoms with Crippen molar-refractivity contribution in [3.8, 4) is 22.7 Å². The van der Waals surface area contributed by atoms with Crippen molar-refractivity contribution in [3.63, 3.8) is 0 Å². The summed E-state index contributed by atoms with van der Waals surface area (Å²) in [5.74, 6) is 0.133. The molecule has 2 aromatic carbocycles. The zero-order chi connectivity index (χ0) is 19.8. The molecule has 1 aliphatic rings. The van der Waals surface area contributed by atoms with Crippen LogP contribution in [0.3, 0.4) is 0 Å². The molecular formula is C21H19N5O3. The summed E-state index contributed by atoms with van der Waals surface area (Å²) in [6.07, 6.45) is 1.66. The average Bonchev–Trinajstić information content (AvgIpc) is 3.10. The summed E-state index contributed by atoms with van der Waals surface area (Å²) in [5, 5.41) is 9.51. The van der Waals surface area contributed by atoms with E-state index in [2.05, 4.69) is 32.0 Å². The second kappa shape index (κ2) is 7.06. The van der Waals surface area contributed by atoms with Gasteiger partial charge in [-0.2, -0.15) is 0 Å². The number of fused-ring (bicyclic) bond motifs is 1. The number of H-pyrrole nitrogens is 1. The number of aromatic hydroxyl groups is 1. The first-order chi connectivity index (χ1) is 14.2. The van der Waals surface area contributed by atoms with Gasteiger partial charge in [-0.3, -0.25) is 4.98 Å². The molecule has 8 nitrogen and oxygen atoms in total. The fourth-order valence-corrected chi connectivity index (χ4v) is 3.52. The number of ether oxygens (including phenoxy) is 1. The Kier molecular flexibility index (Phi) is 4.25. The van der Waals surface area contributed by atoms with Crippen molar-refractivity contribution in [2.24, 2.45) is 0 Å². The first-order valence-electron chi connectivity index (χ1n) is 9.39. The van der Waals surface area contributed by atoms with Crippen LogP contribution in [0.5, 0.6) is 5.75 Å². The summed E-state index contributed by atoms with van der Waals surface area (Å²) < 4.78 is 6.86. The average molecular weight is 389 g/mol. The molecule has 0 bridgehead atoms. The lowest BCUT2D eigenvalue weighted by atomic mass is 10.1. The molecule has 1 saturated heterocycles. The van der Waals surface area contributed by atoms with Gasteiger partial charge in [-0.25, -0.2) is 19.3 Å². The predicted octanol–water partition coefficient (Wildman–Crippen LogP) is 2.32. The molecule has 0 amide bonds. The van der Waals surface area contributed by atoms with Crippen molar-refractivity contribution in [1.82, 2.24) is 19.5 Å². The van der Waals surface area contributed by atoms with Gasteiger partial charge in [0.25, 0.3) is 0 Å². The molecular weight excluding hydrogens is 370 g/mol. The zero-order valence-electron chi connectivity index (χ0n) is 15.6. The standard InChI is InChI=1S/C21H19N5O3/c27-17-7-5-16(6-8-17)26-20-19(24-21(26)28)22-13-18(23-20)14-1-3-15(4-2-14)25-9-11-29-12-10-25/h1-8,13,27H,9-12H2,(H,22,24,28). The van der Waals surface area contributed by atoms with Crippen LogP contribution < -0.4 is 10.6 Å². The Morgan fingerprint density at radius 3 is 2.38 bits per heavy atom. The van der Waals surface area contributed by atoms with Crippen LogP contribution in [0.2, 0.25) is 0 Å². The first kappa shape index (κ1) is 17.4. The number of hydrogen-bond donors (Lipinski definition) is 2. The highest BCUT2D eigenvalue weighted by Gasteiger charge is 2.14. The Morgan fingerprint density at radius 2 is 1.66 bits per heavy atom. The normalized spacial score (nSPS) is 14.4. The van der Waals surface area contributed by atoms with Crippen LogP contribution in [-0.4, -0.2) is 50.9 Å². The molecule has 146 valence electrons. The maximum Gasteiger partial charge on any atom is 0.333 e. The largest absolute Gasteiger partial charge is 0.508 e. The minimum Gasteiger partial charge on any atom is -0.508 e. The van der Waals surface area contributed by atoms with Crippen molar-refractivity contribution < 1.29 is 9.84 Å². The Bertz CT molecular complexity index is 1210. The van der Waals surface area contributed by atoms with E-state index in [4.69, 9.17) is 4.74 Å². The van der Waals surface area contributed by atoms with Crippen LogP contribution in [-0.2, 0) is 4.74 Å². The van der Waals surface area contributed by atoms with E-state index in [1.165, 1.54) is 16.7 Å². The number of aromatic amines is 1. The molecule has 8 heteroatoms. The van der Waals surface area contributed by atoms with Crippen LogP contribution in [0.1, 0.15) is 0 Å². The summed E-state index contributed by atoms with van der Waals surface area (Å²) in [4.78, 5) is 26.5. The highest BCUT2D eigenvalue weighted by atomic mass is 16.5. The molecule has 0 spiro atoms. The van der Waals surface area contributed by atoms with Gasteiger partial charge in [0.1, 0.15) is 5.75 Å². The second-order valence-corrected chi connectivity index (χ2v) is 6.86. The maximum absolute atomic E-state index is 12.4. The maximum atomic E-state index is 12.4. The highest BCUT2D eigenvalue weighted by Crippen LogP contribution is 2.24. The predicted molar refractivity (Wildman–Crippen MR) is 110 cm³/mol. The minimum absolute atomic E-state index is 0.133. The van der Waals surface area contributed by atoms with Gasteiger partial charge in [0.15, 0.2) is 11.3 Å². The SMILES string of the molecule is O=c1[nH]c2ncc(-c3ccc(N4CCOCC4)cc3)nc2n1-c1ccc(O)cc1. The minimum atomic E-state index is -0.328. The number of aromatic nitrogens is 4. The van der Waals surface area contributed by atoms with Gasteiger partial charge in [0, 0.05) is 24.3 Å². The third kappa shape index (κ3) is 3.23. The number of hydrogen-bond acceptors (Lipinski definition) is 6. The van der Waals surface area contributed by atoms with Gasteiger partial charge in [0.05, 0.1) is 30.8 Å². The lowest BCUT2D eigenvalue weighted by molar-refractivity contribution is 0.122. The van der Waals surface area contributed by atoms with Crippen LogP contribution in [0, 0.1) is 0 Å². The molecule has 0 aliphatic carbocycles. The molecule has 5 rings (SSSR count). The molecule has 4 aromatic rings. The summed E-state index contributed by atoms with van der Waals surface area (Å²) >= 11 is 0. The fourth-order valence-electron chi connectivity index (χ4n) is 3.52. The number of benzene rings is 2.